The number of hydrogen-bond acceptors (Lipinski definition) is 4. The molecule has 0 spiro atoms. The molecular formula is C15H13HgN3O2S. The molecule has 0 atom stereocenters. The fourth-order valence-corrected chi connectivity index (χ4v) is 1.68. The van der Waals surface area contributed by atoms with Gasteiger partial charge in [0.1, 0.15) is 0 Å². The zero-order chi connectivity index (χ0) is 15.1. The maximum absolute atomic E-state index is 11.5. The largest absolute Gasteiger partial charge is 0.337 e. The summed E-state index contributed by atoms with van der Waals surface area (Å²) < 4.78 is 0. The van der Waals surface area contributed by atoms with Gasteiger partial charge in [0, 0.05) is 51.2 Å². The molecule has 0 radical (unpaired) electrons. The van der Waals surface area contributed by atoms with Crippen molar-refractivity contribution in [2.24, 2.45) is 0 Å². The van der Waals surface area contributed by atoms with E-state index in [0.29, 0.717) is 11.1 Å². The fraction of sp³-hybridized carbons (Fsp3) is 0. The van der Waals surface area contributed by atoms with Gasteiger partial charge in [-0.25, -0.2) is 0 Å². The molecule has 0 fully saturated rings. The molecular weight excluding hydrogens is 487 g/mol. The van der Waals surface area contributed by atoms with Crippen LogP contribution in [0.25, 0.3) is 0 Å². The van der Waals surface area contributed by atoms with E-state index in [4.69, 9.17) is 12.2 Å². The van der Waals surface area contributed by atoms with Crippen molar-refractivity contribution in [3.05, 3.63) is 72.2 Å². The molecule has 0 aromatic rings. The second-order valence-electron chi connectivity index (χ2n) is 4.11. The van der Waals surface area contributed by atoms with Gasteiger partial charge in [0.15, 0.2) is 16.7 Å². The Morgan fingerprint density at radius 1 is 0.864 bits per heavy atom. The number of hydrazine groups is 1. The van der Waals surface area contributed by atoms with Crippen molar-refractivity contribution in [1.29, 1.82) is 0 Å². The second-order valence-corrected chi connectivity index (χ2v) is 4.52. The van der Waals surface area contributed by atoms with Crippen LogP contribution in [0.15, 0.2) is 72.2 Å². The summed E-state index contributed by atoms with van der Waals surface area (Å²) in [6.07, 6.45) is 16.2. The Bertz CT molecular complexity index is 658. The van der Waals surface area contributed by atoms with E-state index in [1.807, 2.05) is 0 Å². The van der Waals surface area contributed by atoms with Gasteiger partial charge in [-0.15, -0.1) is 0 Å². The summed E-state index contributed by atoms with van der Waals surface area (Å²) in [6.45, 7) is 0. The molecule has 2 aliphatic carbocycles. The maximum Gasteiger partial charge on any atom is 0.189 e. The molecule has 0 saturated carbocycles. The predicted molar refractivity (Wildman–Crippen MR) is 84.7 cm³/mol. The molecule has 2 rings (SSSR count). The molecule has 0 unspecified atom stereocenters. The Morgan fingerprint density at radius 3 is 1.91 bits per heavy atom. The predicted octanol–water partition coefficient (Wildman–Crippen LogP) is 1.11. The van der Waals surface area contributed by atoms with Gasteiger partial charge in [-0.3, -0.25) is 15.0 Å². The Kier molecular flexibility index (Phi) is 7.69. The zero-order valence-corrected chi connectivity index (χ0v) is 18.0. The van der Waals surface area contributed by atoms with Gasteiger partial charge in [-0.05, 0) is 36.5 Å². The summed E-state index contributed by atoms with van der Waals surface area (Å²) in [5.41, 5.74) is 6.43. The molecule has 0 heterocycles. The molecule has 5 nitrogen and oxygen atoms in total. The molecule has 0 saturated heterocycles. The summed E-state index contributed by atoms with van der Waals surface area (Å²) in [4.78, 5) is 22.9. The number of hydrogen-bond donors (Lipinski definition) is 3. The number of ketones is 2. The molecule has 3 N–H and O–H groups in total. The van der Waals surface area contributed by atoms with E-state index in [1.54, 1.807) is 36.5 Å². The Hall–Kier alpha value is -1.79. The van der Waals surface area contributed by atoms with E-state index in [2.05, 4.69) is 16.2 Å². The van der Waals surface area contributed by atoms with Crippen LogP contribution in [0.1, 0.15) is 0 Å². The molecule has 0 amide bonds. The minimum absolute atomic E-state index is 0. The topological polar surface area (TPSA) is 70.2 Å². The third kappa shape index (κ3) is 5.53. The van der Waals surface area contributed by atoms with E-state index < -0.39 is 0 Å². The van der Waals surface area contributed by atoms with Crippen molar-refractivity contribution >= 4 is 28.9 Å². The maximum atomic E-state index is 11.5. The van der Waals surface area contributed by atoms with Crippen LogP contribution in [0.3, 0.4) is 0 Å². The second kappa shape index (κ2) is 9.27. The quantitative estimate of drug-likeness (QED) is 0.234. The minimum atomic E-state index is -0.0902. The van der Waals surface area contributed by atoms with E-state index in [1.165, 1.54) is 24.6 Å². The third-order valence-electron chi connectivity index (χ3n) is 2.61. The number of carbonyl (C=O) groups excluding carboxylic acids is 2. The van der Waals surface area contributed by atoms with Gasteiger partial charge in [-0.1, -0.05) is 24.3 Å². The molecule has 22 heavy (non-hydrogen) atoms. The van der Waals surface area contributed by atoms with Gasteiger partial charge in [-0.2, -0.15) is 0 Å². The number of allylic oxidation sites excluding steroid dienone is 10. The van der Waals surface area contributed by atoms with Crippen molar-refractivity contribution in [1.82, 2.24) is 16.2 Å². The standard InChI is InChI=1S/C15H13N3O2S.Hg/c19-13-7-3-1-5-11(13)9-16-15(21)18-17-10-12-6-2-4-8-14(12)20;/h1-10,17H,(H2,16,18,21);/b11-9+,12-10-;. The Balaban J connectivity index is 0.00000242. The molecule has 108 valence electrons. The van der Waals surface area contributed by atoms with E-state index in [9.17, 15) is 9.59 Å². The first-order valence-electron chi connectivity index (χ1n) is 6.17. The Labute approximate surface area is 154 Å². The van der Waals surface area contributed by atoms with Crippen LogP contribution >= 0.6 is 12.2 Å². The molecule has 0 aliphatic heterocycles. The van der Waals surface area contributed by atoms with Crippen LogP contribution in [-0.2, 0) is 37.3 Å². The minimum Gasteiger partial charge on any atom is -0.337 e. The molecule has 0 bridgehead atoms. The van der Waals surface area contributed by atoms with Crippen LogP contribution in [-0.4, -0.2) is 16.7 Å². The number of thiocarbonyl (C=S) groups is 1. The normalized spacial score (nSPS) is 19.3. The monoisotopic (exact) mass is 501 g/mol. The van der Waals surface area contributed by atoms with Crippen LogP contribution in [0.2, 0.25) is 0 Å². The summed E-state index contributed by atoms with van der Waals surface area (Å²) in [5, 5.41) is 3.05. The first-order valence-corrected chi connectivity index (χ1v) is 6.58. The zero-order valence-electron chi connectivity index (χ0n) is 11.7. The molecule has 0 aromatic heterocycles. The fourth-order valence-electron chi connectivity index (χ4n) is 1.56. The Morgan fingerprint density at radius 2 is 1.36 bits per heavy atom. The van der Waals surface area contributed by atoms with Crippen molar-refractivity contribution in [2.75, 3.05) is 0 Å². The van der Waals surface area contributed by atoms with Gasteiger partial charge < -0.3 is 10.7 Å². The molecule has 7 heteroatoms. The summed E-state index contributed by atoms with van der Waals surface area (Å²) in [7, 11) is 0. The molecule has 2 aliphatic rings. The van der Waals surface area contributed by atoms with Crippen LogP contribution in [0, 0.1) is 0 Å². The van der Waals surface area contributed by atoms with Gasteiger partial charge in [0.25, 0.3) is 0 Å². The average Bonchev–Trinajstić information content (AvgIpc) is 2.48. The van der Waals surface area contributed by atoms with Crippen LogP contribution in [0.5, 0.6) is 0 Å². The third-order valence-corrected chi connectivity index (χ3v) is 2.83. The van der Waals surface area contributed by atoms with E-state index >= 15 is 0 Å². The van der Waals surface area contributed by atoms with Crippen LogP contribution in [0.4, 0.5) is 0 Å². The van der Waals surface area contributed by atoms with Gasteiger partial charge in [0.05, 0.1) is 0 Å². The van der Waals surface area contributed by atoms with Crippen molar-refractivity contribution < 1.29 is 37.3 Å². The van der Waals surface area contributed by atoms with E-state index in [0.717, 1.165) is 0 Å². The number of nitrogens with one attached hydrogen (secondary N) is 3. The van der Waals surface area contributed by atoms with Crippen molar-refractivity contribution in [3.8, 4) is 0 Å². The van der Waals surface area contributed by atoms with Crippen molar-refractivity contribution in [2.45, 2.75) is 0 Å². The van der Waals surface area contributed by atoms with Gasteiger partial charge >= 0.3 is 0 Å². The molecule has 0 aromatic carbocycles. The average molecular weight is 500 g/mol. The van der Waals surface area contributed by atoms with Crippen LogP contribution < -0.4 is 16.2 Å². The summed E-state index contributed by atoms with van der Waals surface area (Å²) >= 11 is 5.03. The number of rotatable bonds is 3. The SMILES string of the molecule is O=C1C=CC=C/C1=C/NNC(=S)N/C=C1\C=CC=CC1=O.[Hg]. The number of carbonyl (C=O) groups is 2. The van der Waals surface area contributed by atoms with Crippen molar-refractivity contribution in [3.63, 3.8) is 0 Å². The first-order chi connectivity index (χ1) is 10.2. The summed E-state index contributed by atoms with van der Waals surface area (Å²) in [5.74, 6) is -0.176. The van der Waals surface area contributed by atoms with Gasteiger partial charge in [0.2, 0.25) is 0 Å². The summed E-state index contributed by atoms with van der Waals surface area (Å²) in [6, 6.07) is 0. The smallest absolute Gasteiger partial charge is 0.189 e. The first kappa shape index (κ1) is 18.3. The van der Waals surface area contributed by atoms with E-state index in [-0.39, 0.29) is 44.3 Å².